The lowest BCUT2D eigenvalue weighted by molar-refractivity contribution is -0.143. The van der Waals surface area contributed by atoms with Gasteiger partial charge in [0.25, 0.3) is 5.91 Å². The van der Waals surface area contributed by atoms with Gasteiger partial charge in [-0.25, -0.2) is 9.48 Å². The van der Waals surface area contributed by atoms with Gasteiger partial charge < -0.3 is 10.1 Å². The maximum atomic E-state index is 12.0. The number of nitrogens with one attached hydrogen (secondary N) is 1. The molecule has 0 bridgehead atoms. The molecule has 0 radical (unpaired) electrons. The maximum Gasteiger partial charge on any atom is 0.331 e. The van der Waals surface area contributed by atoms with Crippen LogP contribution in [0.1, 0.15) is 12.0 Å². The number of amides is 1. The van der Waals surface area contributed by atoms with Crippen LogP contribution in [0.4, 0.5) is 0 Å². The van der Waals surface area contributed by atoms with E-state index >= 15 is 0 Å². The molecular weight excluding hydrogens is 388 g/mol. The van der Waals surface area contributed by atoms with Gasteiger partial charge in [-0.15, -0.1) is 11.3 Å². The molecule has 8 heteroatoms. The number of para-hydroxylation sites is 1. The average molecular weight is 406 g/mol. The summed E-state index contributed by atoms with van der Waals surface area (Å²) in [7, 11) is 0. The number of aromatic nitrogens is 2. The summed E-state index contributed by atoms with van der Waals surface area (Å²) in [4.78, 5) is 24.5. The summed E-state index contributed by atoms with van der Waals surface area (Å²) in [5, 5.41) is 17.5. The molecule has 0 saturated carbocycles. The molecular formula is C21H18N4O3S. The van der Waals surface area contributed by atoms with Crippen LogP contribution in [0, 0.1) is 11.3 Å². The topological polar surface area (TPSA) is 97.0 Å². The van der Waals surface area contributed by atoms with Crippen LogP contribution in [0.5, 0.6) is 0 Å². The highest BCUT2D eigenvalue weighted by atomic mass is 32.1. The largest absolute Gasteiger partial charge is 0.452 e. The summed E-state index contributed by atoms with van der Waals surface area (Å²) in [6.07, 6.45) is 4.93. The van der Waals surface area contributed by atoms with Gasteiger partial charge in [-0.3, -0.25) is 4.79 Å². The van der Waals surface area contributed by atoms with E-state index in [-0.39, 0.29) is 13.0 Å². The number of carbonyl (C=O) groups is 2. The Labute approximate surface area is 171 Å². The molecule has 3 aromatic rings. The van der Waals surface area contributed by atoms with Crippen LogP contribution in [-0.4, -0.2) is 34.8 Å². The molecule has 0 aliphatic rings. The number of nitrogens with zero attached hydrogens (tertiary/aromatic N) is 3. The monoisotopic (exact) mass is 406 g/mol. The molecule has 3 rings (SSSR count). The average Bonchev–Trinajstić information content (AvgIpc) is 3.41. The van der Waals surface area contributed by atoms with E-state index in [1.807, 2.05) is 60.1 Å². The van der Waals surface area contributed by atoms with Crippen LogP contribution < -0.4 is 5.32 Å². The van der Waals surface area contributed by atoms with Crippen molar-refractivity contribution in [2.75, 3.05) is 13.2 Å². The minimum atomic E-state index is -0.634. The van der Waals surface area contributed by atoms with E-state index in [4.69, 9.17) is 10.00 Å². The predicted octanol–water partition coefficient (Wildman–Crippen LogP) is 3.19. The first-order chi connectivity index (χ1) is 14.2. The van der Waals surface area contributed by atoms with Crippen molar-refractivity contribution in [3.05, 3.63) is 65.7 Å². The Kier molecular flexibility index (Phi) is 6.92. The molecule has 0 saturated heterocycles. The number of benzene rings is 1. The summed E-state index contributed by atoms with van der Waals surface area (Å²) in [5.74, 6) is -1.08. The number of thiophene rings is 1. The van der Waals surface area contributed by atoms with Crippen molar-refractivity contribution in [1.82, 2.24) is 15.1 Å². The van der Waals surface area contributed by atoms with Crippen molar-refractivity contribution in [2.24, 2.45) is 0 Å². The number of ether oxygens (including phenoxy) is 1. The first-order valence-electron chi connectivity index (χ1n) is 8.85. The molecule has 2 aromatic heterocycles. The molecule has 0 unspecified atom stereocenters. The van der Waals surface area contributed by atoms with Crippen molar-refractivity contribution < 1.29 is 14.3 Å². The van der Waals surface area contributed by atoms with Crippen LogP contribution in [0.15, 0.2) is 60.1 Å². The molecule has 1 aromatic carbocycles. The predicted molar refractivity (Wildman–Crippen MR) is 110 cm³/mol. The van der Waals surface area contributed by atoms with Crippen molar-refractivity contribution in [1.29, 1.82) is 5.26 Å². The fraction of sp³-hybridized carbons (Fsp3) is 0.143. The van der Waals surface area contributed by atoms with Crippen molar-refractivity contribution in [3.8, 4) is 22.3 Å². The molecule has 29 heavy (non-hydrogen) atoms. The second kappa shape index (κ2) is 10.0. The number of nitriles is 1. The highest BCUT2D eigenvalue weighted by Gasteiger charge is 2.12. The van der Waals surface area contributed by atoms with Gasteiger partial charge in [0.05, 0.1) is 23.1 Å². The van der Waals surface area contributed by atoms with Gasteiger partial charge in [-0.1, -0.05) is 24.3 Å². The van der Waals surface area contributed by atoms with Crippen LogP contribution in [-0.2, 0) is 14.3 Å². The highest BCUT2D eigenvalue weighted by molar-refractivity contribution is 7.13. The van der Waals surface area contributed by atoms with Crippen molar-refractivity contribution in [3.63, 3.8) is 0 Å². The van der Waals surface area contributed by atoms with Crippen LogP contribution >= 0.6 is 11.3 Å². The van der Waals surface area contributed by atoms with E-state index in [0.29, 0.717) is 0 Å². The molecule has 0 spiro atoms. The third-order valence-electron chi connectivity index (χ3n) is 3.82. The van der Waals surface area contributed by atoms with Gasteiger partial charge >= 0.3 is 5.97 Å². The van der Waals surface area contributed by atoms with Gasteiger partial charge in [0.15, 0.2) is 6.61 Å². The molecule has 146 valence electrons. The molecule has 0 aliphatic carbocycles. The SMILES string of the molecule is N#CCCNC(=O)COC(=O)/C=C/c1cn(-c2ccccc2)nc1-c1cccs1. The van der Waals surface area contributed by atoms with Gasteiger partial charge in [0.1, 0.15) is 5.69 Å². The Bertz CT molecular complexity index is 1030. The Morgan fingerprint density at radius 2 is 2.07 bits per heavy atom. The van der Waals surface area contributed by atoms with E-state index in [1.54, 1.807) is 22.1 Å². The quantitative estimate of drug-likeness (QED) is 0.352. The minimum absolute atomic E-state index is 0.205. The summed E-state index contributed by atoms with van der Waals surface area (Å²) >= 11 is 1.55. The summed E-state index contributed by atoms with van der Waals surface area (Å²) in [6, 6.07) is 15.5. The lowest BCUT2D eigenvalue weighted by Gasteiger charge is -2.02. The highest BCUT2D eigenvalue weighted by Crippen LogP contribution is 2.28. The molecule has 1 amide bonds. The first kappa shape index (κ1) is 20.0. The Morgan fingerprint density at radius 1 is 1.24 bits per heavy atom. The van der Waals surface area contributed by atoms with Crippen molar-refractivity contribution >= 4 is 29.3 Å². The first-order valence-corrected chi connectivity index (χ1v) is 9.73. The molecule has 7 nitrogen and oxygen atoms in total. The smallest absolute Gasteiger partial charge is 0.331 e. The molecule has 0 atom stereocenters. The number of hydrogen-bond donors (Lipinski definition) is 1. The van der Waals surface area contributed by atoms with E-state index in [9.17, 15) is 9.59 Å². The molecule has 0 fully saturated rings. The van der Waals surface area contributed by atoms with Gasteiger partial charge in [-0.2, -0.15) is 10.4 Å². The van der Waals surface area contributed by atoms with Gasteiger partial charge in [0, 0.05) is 24.4 Å². The van der Waals surface area contributed by atoms with Crippen molar-refractivity contribution in [2.45, 2.75) is 6.42 Å². The zero-order chi connectivity index (χ0) is 20.5. The lowest BCUT2D eigenvalue weighted by Crippen LogP contribution is -2.29. The van der Waals surface area contributed by atoms with E-state index in [1.165, 1.54) is 6.08 Å². The minimum Gasteiger partial charge on any atom is -0.452 e. The van der Waals surface area contributed by atoms with Crippen LogP contribution in [0.3, 0.4) is 0 Å². The Balaban J connectivity index is 1.71. The third kappa shape index (κ3) is 5.64. The van der Waals surface area contributed by atoms with E-state index < -0.39 is 18.5 Å². The lowest BCUT2D eigenvalue weighted by atomic mass is 10.2. The molecule has 2 heterocycles. The Hall–Kier alpha value is -3.70. The normalized spacial score (nSPS) is 10.6. The fourth-order valence-corrected chi connectivity index (χ4v) is 3.21. The van der Waals surface area contributed by atoms with E-state index in [0.717, 1.165) is 21.8 Å². The Morgan fingerprint density at radius 3 is 2.79 bits per heavy atom. The maximum absolute atomic E-state index is 12.0. The number of carbonyl (C=O) groups excluding carboxylic acids is 2. The number of hydrogen-bond acceptors (Lipinski definition) is 6. The number of rotatable bonds is 8. The van der Waals surface area contributed by atoms with Gasteiger partial charge in [-0.05, 0) is 29.7 Å². The standard InChI is InChI=1S/C21H18N4O3S/c22-11-5-12-23-19(26)15-28-20(27)10-9-16-14-25(17-6-2-1-3-7-17)24-21(16)18-8-4-13-29-18/h1-4,6-10,13-14H,5,12,15H2,(H,23,26)/b10-9+. The number of esters is 1. The van der Waals surface area contributed by atoms with Crippen LogP contribution in [0.2, 0.25) is 0 Å². The summed E-state index contributed by atoms with van der Waals surface area (Å²) in [5.41, 5.74) is 2.41. The van der Waals surface area contributed by atoms with Crippen LogP contribution in [0.25, 0.3) is 22.3 Å². The second-order valence-corrected chi connectivity index (χ2v) is 6.84. The molecule has 0 aliphatic heterocycles. The van der Waals surface area contributed by atoms with Gasteiger partial charge in [0.2, 0.25) is 0 Å². The zero-order valence-corrected chi connectivity index (χ0v) is 16.3. The second-order valence-electron chi connectivity index (χ2n) is 5.89. The summed E-state index contributed by atoms with van der Waals surface area (Å²) in [6.45, 7) is -0.165. The van der Waals surface area contributed by atoms with E-state index in [2.05, 4.69) is 10.4 Å². The molecule has 1 N–H and O–H groups in total. The summed E-state index contributed by atoms with van der Waals surface area (Å²) < 4.78 is 6.69. The fourth-order valence-electron chi connectivity index (χ4n) is 2.48. The zero-order valence-electron chi connectivity index (χ0n) is 15.4. The third-order valence-corrected chi connectivity index (χ3v) is 4.70.